The molecular weight excluding hydrogens is 487 g/mol. The van der Waals surface area contributed by atoms with Crippen LogP contribution in [0.5, 0.6) is 11.5 Å². The number of halogens is 3. The van der Waals surface area contributed by atoms with E-state index in [-0.39, 0.29) is 22.9 Å². The van der Waals surface area contributed by atoms with Gasteiger partial charge in [-0.2, -0.15) is 0 Å². The molecule has 6 nitrogen and oxygen atoms in total. The number of ketones is 1. The van der Waals surface area contributed by atoms with Gasteiger partial charge in [0.1, 0.15) is 17.3 Å². The van der Waals surface area contributed by atoms with Crippen LogP contribution >= 0.6 is 0 Å². The van der Waals surface area contributed by atoms with Crippen LogP contribution in [0.3, 0.4) is 0 Å². The molecule has 1 amide bonds. The predicted molar refractivity (Wildman–Crippen MR) is 131 cm³/mol. The lowest BCUT2D eigenvalue weighted by Gasteiger charge is -2.26. The van der Waals surface area contributed by atoms with Crippen molar-refractivity contribution in [3.63, 3.8) is 0 Å². The number of aliphatic hydroxyl groups excluding tert-OH is 1. The SMILES string of the molecule is Cc1cccc(C2/C(=C(\O)c3cccc(OC(C)C)c3)C(=O)C(=O)N2c2cccc(OC(F)(F)F)c2)c1. The minimum atomic E-state index is -4.94. The van der Waals surface area contributed by atoms with Gasteiger partial charge in [0, 0.05) is 17.3 Å². The molecule has 1 atom stereocenters. The molecule has 0 bridgehead atoms. The number of Topliss-reactive ketones (excluding diaryl/α,β-unsaturated/α-hetero) is 1. The van der Waals surface area contributed by atoms with Crippen LogP contribution in [0.15, 0.2) is 78.4 Å². The quantitative estimate of drug-likeness (QED) is 0.239. The Morgan fingerprint density at radius 2 is 1.62 bits per heavy atom. The summed E-state index contributed by atoms with van der Waals surface area (Å²) in [4.78, 5) is 27.6. The standard InChI is InChI=1S/C28H24F3NO5/c1-16(2)36-21-11-5-9-19(14-21)25(33)23-24(18-8-4-7-17(3)13-18)32(27(35)26(23)34)20-10-6-12-22(15-20)37-28(29,30)31/h4-16,24,33H,1-3H3/b25-23+. The summed E-state index contributed by atoms with van der Waals surface area (Å²) in [6.45, 7) is 5.50. The van der Waals surface area contributed by atoms with E-state index >= 15 is 0 Å². The molecule has 1 saturated heterocycles. The lowest BCUT2D eigenvalue weighted by atomic mass is 9.94. The van der Waals surface area contributed by atoms with Crippen molar-refractivity contribution in [2.24, 2.45) is 0 Å². The zero-order valence-electron chi connectivity index (χ0n) is 20.2. The average molecular weight is 511 g/mol. The molecule has 3 aromatic carbocycles. The van der Waals surface area contributed by atoms with Crippen molar-refractivity contribution in [1.29, 1.82) is 0 Å². The molecule has 1 unspecified atom stereocenters. The monoisotopic (exact) mass is 511 g/mol. The average Bonchev–Trinajstić information content (AvgIpc) is 3.08. The van der Waals surface area contributed by atoms with Gasteiger partial charge in [-0.05, 0) is 50.6 Å². The molecule has 9 heteroatoms. The van der Waals surface area contributed by atoms with Crippen LogP contribution < -0.4 is 14.4 Å². The number of hydrogen-bond acceptors (Lipinski definition) is 5. The van der Waals surface area contributed by atoms with E-state index in [1.807, 2.05) is 26.8 Å². The molecule has 0 spiro atoms. The van der Waals surface area contributed by atoms with E-state index in [4.69, 9.17) is 4.74 Å². The van der Waals surface area contributed by atoms with E-state index in [1.54, 1.807) is 42.5 Å². The molecule has 1 heterocycles. The highest BCUT2D eigenvalue weighted by Gasteiger charge is 2.47. The Labute approximate surface area is 211 Å². The Bertz CT molecular complexity index is 1380. The van der Waals surface area contributed by atoms with Crippen LogP contribution in [-0.4, -0.2) is 29.3 Å². The number of hydrogen-bond donors (Lipinski definition) is 1. The van der Waals surface area contributed by atoms with Crippen molar-refractivity contribution in [1.82, 2.24) is 0 Å². The van der Waals surface area contributed by atoms with Gasteiger partial charge in [-0.15, -0.1) is 13.2 Å². The lowest BCUT2D eigenvalue weighted by molar-refractivity contribution is -0.274. The number of alkyl halides is 3. The van der Waals surface area contributed by atoms with E-state index < -0.39 is 35.6 Å². The van der Waals surface area contributed by atoms with E-state index in [2.05, 4.69) is 4.74 Å². The Hall–Kier alpha value is -4.27. The summed E-state index contributed by atoms with van der Waals surface area (Å²) >= 11 is 0. The van der Waals surface area contributed by atoms with Gasteiger partial charge in [-0.3, -0.25) is 14.5 Å². The van der Waals surface area contributed by atoms with E-state index in [0.717, 1.165) is 22.6 Å². The van der Waals surface area contributed by atoms with Gasteiger partial charge in [-0.25, -0.2) is 0 Å². The van der Waals surface area contributed by atoms with Crippen LogP contribution in [0.25, 0.3) is 5.76 Å². The second-order valence-corrected chi connectivity index (χ2v) is 8.82. The highest BCUT2D eigenvalue weighted by Crippen LogP contribution is 2.43. The number of carbonyl (C=O) groups is 2. The molecular formula is C28H24F3NO5. The summed E-state index contributed by atoms with van der Waals surface area (Å²) in [5, 5.41) is 11.3. The number of rotatable bonds is 6. The van der Waals surface area contributed by atoms with Crippen molar-refractivity contribution in [3.05, 3.63) is 95.1 Å². The molecule has 3 aromatic rings. The van der Waals surface area contributed by atoms with Gasteiger partial charge >= 0.3 is 6.36 Å². The number of ether oxygens (including phenoxy) is 2. The van der Waals surface area contributed by atoms with E-state index in [9.17, 15) is 27.9 Å². The van der Waals surface area contributed by atoms with Crippen LogP contribution in [0.2, 0.25) is 0 Å². The number of aliphatic hydroxyl groups is 1. The number of amides is 1. The maximum Gasteiger partial charge on any atom is 0.573 e. The Morgan fingerprint density at radius 3 is 2.30 bits per heavy atom. The Morgan fingerprint density at radius 1 is 0.946 bits per heavy atom. The third-order valence-electron chi connectivity index (χ3n) is 5.61. The first-order valence-electron chi connectivity index (χ1n) is 11.4. The third-order valence-corrected chi connectivity index (χ3v) is 5.61. The maximum absolute atomic E-state index is 13.3. The predicted octanol–water partition coefficient (Wildman–Crippen LogP) is 6.31. The van der Waals surface area contributed by atoms with Crippen molar-refractivity contribution in [2.75, 3.05) is 4.90 Å². The molecule has 1 aliphatic rings. The van der Waals surface area contributed by atoms with Gasteiger partial charge < -0.3 is 14.6 Å². The number of benzene rings is 3. The van der Waals surface area contributed by atoms with Gasteiger partial charge in [0.05, 0.1) is 17.7 Å². The first kappa shape index (κ1) is 25.8. The fraction of sp³-hybridized carbons (Fsp3) is 0.214. The summed E-state index contributed by atoms with van der Waals surface area (Å²) in [5.41, 5.74) is 1.38. The molecule has 37 heavy (non-hydrogen) atoms. The number of carbonyl (C=O) groups excluding carboxylic acids is 2. The van der Waals surface area contributed by atoms with E-state index in [0.29, 0.717) is 11.3 Å². The lowest BCUT2D eigenvalue weighted by Crippen LogP contribution is -2.29. The number of nitrogens with zero attached hydrogens (tertiary/aromatic N) is 1. The summed E-state index contributed by atoms with van der Waals surface area (Å²) in [7, 11) is 0. The summed E-state index contributed by atoms with van der Waals surface area (Å²) in [6.07, 6.45) is -5.08. The largest absolute Gasteiger partial charge is 0.573 e. The van der Waals surface area contributed by atoms with Crippen LogP contribution in [0.1, 0.15) is 36.6 Å². The second kappa shape index (κ2) is 10.0. The van der Waals surface area contributed by atoms with E-state index in [1.165, 1.54) is 12.1 Å². The van der Waals surface area contributed by atoms with Gasteiger partial charge in [0.25, 0.3) is 11.7 Å². The Balaban J connectivity index is 1.89. The van der Waals surface area contributed by atoms with Crippen molar-refractivity contribution in [3.8, 4) is 11.5 Å². The molecule has 1 N–H and O–H groups in total. The zero-order chi connectivity index (χ0) is 26.9. The highest BCUT2D eigenvalue weighted by atomic mass is 19.4. The van der Waals surface area contributed by atoms with Gasteiger partial charge in [-0.1, -0.05) is 48.0 Å². The van der Waals surface area contributed by atoms with Crippen LogP contribution in [0, 0.1) is 6.92 Å². The fourth-order valence-corrected chi connectivity index (χ4v) is 4.23. The number of anilines is 1. The van der Waals surface area contributed by atoms with Crippen molar-refractivity contribution < 1.29 is 37.3 Å². The molecule has 0 aromatic heterocycles. The topological polar surface area (TPSA) is 76.1 Å². The Kier molecular flexibility index (Phi) is 6.98. The normalized spacial score (nSPS) is 17.4. The zero-order valence-corrected chi connectivity index (χ0v) is 20.2. The van der Waals surface area contributed by atoms with Crippen LogP contribution in [-0.2, 0) is 9.59 Å². The summed E-state index contributed by atoms with van der Waals surface area (Å²) in [5.74, 6) is -2.48. The minimum Gasteiger partial charge on any atom is -0.507 e. The number of aryl methyl sites for hydroxylation is 1. The van der Waals surface area contributed by atoms with Gasteiger partial charge in [0.2, 0.25) is 0 Å². The first-order chi connectivity index (χ1) is 17.4. The molecule has 0 radical (unpaired) electrons. The van der Waals surface area contributed by atoms with Crippen molar-refractivity contribution in [2.45, 2.75) is 39.3 Å². The minimum absolute atomic E-state index is 0.00583. The first-order valence-corrected chi connectivity index (χ1v) is 11.4. The third kappa shape index (κ3) is 5.61. The second-order valence-electron chi connectivity index (χ2n) is 8.82. The molecule has 1 fully saturated rings. The molecule has 0 aliphatic carbocycles. The van der Waals surface area contributed by atoms with Crippen LogP contribution in [0.4, 0.5) is 18.9 Å². The molecule has 1 aliphatic heterocycles. The smallest absolute Gasteiger partial charge is 0.507 e. The van der Waals surface area contributed by atoms with Gasteiger partial charge in [0.15, 0.2) is 0 Å². The molecule has 4 rings (SSSR count). The summed E-state index contributed by atoms with van der Waals surface area (Å²) < 4.78 is 48.2. The summed E-state index contributed by atoms with van der Waals surface area (Å²) in [6, 6.07) is 17.1. The molecule has 192 valence electrons. The van der Waals surface area contributed by atoms with Crippen molar-refractivity contribution >= 4 is 23.1 Å². The molecule has 0 saturated carbocycles. The maximum atomic E-state index is 13.3. The highest BCUT2D eigenvalue weighted by molar-refractivity contribution is 6.51. The fourth-order valence-electron chi connectivity index (χ4n) is 4.23.